The lowest BCUT2D eigenvalue weighted by Gasteiger charge is -2.31. The quantitative estimate of drug-likeness (QED) is 0.840. The maximum atomic E-state index is 12.5. The average molecular weight is 291 g/mol. The van der Waals surface area contributed by atoms with Crippen LogP contribution in [0.3, 0.4) is 0 Å². The zero-order valence-electron chi connectivity index (χ0n) is 13.3. The van der Waals surface area contributed by atoms with Crippen LogP contribution in [0.4, 0.5) is 0 Å². The fraction of sp³-hybridized carbons (Fsp3) is 0.529. The lowest BCUT2D eigenvalue weighted by atomic mass is 9.79. The molecule has 0 aliphatic carbocycles. The van der Waals surface area contributed by atoms with Gasteiger partial charge >= 0.3 is 5.97 Å². The lowest BCUT2D eigenvalue weighted by Crippen LogP contribution is -2.43. The van der Waals surface area contributed by atoms with Crippen molar-refractivity contribution in [2.75, 3.05) is 7.05 Å². The molecule has 4 nitrogen and oxygen atoms in total. The third kappa shape index (κ3) is 3.84. The minimum Gasteiger partial charge on any atom is -0.481 e. The van der Waals surface area contributed by atoms with E-state index in [9.17, 15) is 14.7 Å². The summed E-state index contributed by atoms with van der Waals surface area (Å²) in [6, 6.07) is 9.12. The van der Waals surface area contributed by atoms with Gasteiger partial charge in [0.2, 0.25) is 5.91 Å². The predicted octanol–water partition coefficient (Wildman–Crippen LogP) is 3.07. The Balaban J connectivity index is 2.99. The molecule has 116 valence electrons. The Hall–Kier alpha value is -1.84. The van der Waals surface area contributed by atoms with Crippen molar-refractivity contribution in [3.8, 4) is 0 Å². The van der Waals surface area contributed by atoms with Gasteiger partial charge < -0.3 is 10.0 Å². The molecule has 4 heteroatoms. The average Bonchev–Trinajstić information content (AvgIpc) is 2.48. The number of carboxylic acid groups (broad SMARTS) is 1. The summed E-state index contributed by atoms with van der Waals surface area (Å²) in [6.45, 7) is 5.68. The van der Waals surface area contributed by atoms with Crippen LogP contribution in [0.2, 0.25) is 0 Å². The Labute approximate surface area is 126 Å². The summed E-state index contributed by atoms with van der Waals surface area (Å²) in [5.74, 6) is -1.10. The summed E-state index contributed by atoms with van der Waals surface area (Å²) in [7, 11) is 1.76. The molecule has 0 radical (unpaired) electrons. The number of carbonyl (C=O) groups is 2. The van der Waals surface area contributed by atoms with Crippen molar-refractivity contribution in [2.24, 2.45) is 0 Å². The predicted molar refractivity (Wildman–Crippen MR) is 83.2 cm³/mol. The number of carbonyl (C=O) groups excluding carboxylic acids is 1. The van der Waals surface area contributed by atoms with E-state index in [1.54, 1.807) is 43.1 Å². The van der Waals surface area contributed by atoms with Crippen LogP contribution < -0.4 is 0 Å². The van der Waals surface area contributed by atoms with E-state index in [-0.39, 0.29) is 18.4 Å². The molecule has 1 aromatic rings. The Kier molecular flexibility index (Phi) is 5.94. The van der Waals surface area contributed by atoms with Crippen LogP contribution >= 0.6 is 0 Å². The van der Waals surface area contributed by atoms with E-state index in [0.29, 0.717) is 5.56 Å². The summed E-state index contributed by atoms with van der Waals surface area (Å²) < 4.78 is 0. The van der Waals surface area contributed by atoms with Gasteiger partial charge in [0.05, 0.1) is 5.41 Å². The normalized spacial score (nSPS) is 13.8. The van der Waals surface area contributed by atoms with Crippen LogP contribution in [-0.4, -0.2) is 35.0 Å². The van der Waals surface area contributed by atoms with E-state index in [2.05, 4.69) is 0 Å². The van der Waals surface area contributed by atoms with Gasteiger partial charge in [0.15, 0.2) is 0 Å². The Bertz CT molecular complexity index is 482. The second-order valence-electron chi connectivity index (χ2n) is 5.66. The van der Waals surface area contributed by atoms with Gasteiger partial charge in [0.1, 0.15) is 0 Å². The second-order valence-corrected chi connectivity index (χ2v) is 5.66. The zero-order chi connectivity index (χ0) is 16.0. The minimum absolute atomic E-state index is 0.0284. The van der Waals surface area contributed by atoms with Crippen molar-refractivity contribution in [1.82, 2.24) is 4.90 Å². The van der Waals surface area contributed by atoms with Crippen molar-refractivity contribution in [1.29, 1.82) is 0 Å². The van der Waals surface area contributed by atoms with E-state index < -0.39 is 11.4 Å². The van der Waals surface area contributed by atoms with Gasteiger partial charge in [-0.25, -0.2) is 0 Å². The van der Waals surface area contributed by atoms with Crippen LogP contribution in [0.15, 0.2) is 30.3 Å². The SMILES string of the molecule is CCC(CC)N(C)C(=O)CC(C)(C(=O)O)c1ccccc1. The molecule has 1 aromatic carbocycles. The molecule has 1 amide bonds. The molecular weight excluding hydrogens is 266 g/mol. The summed E-state index contributed by atoms with van der Waals surface area (Å²) in [5.41, 5.74) is -0.540. The second kappa shape index (κ2) is 7.25. The minimum atomic E-state index is -1.20. The van der Waals surface area contributed by atoms with E-state index >= 15 is 0 Å². The third-order valence-electron chi connectivity index (χ3n) is 4.27. The highest BCUT2D eigenvalue weighted by Crippen LogP contribution is 2.29. The van der Waals surface area contributed by atoms with Crippen LogP contribution in [0.5, 0.6) is 0 Å². The van der Waals surface area contributed by atoms with Crippen molar-refractivity contribution in [3.05, 3.63) is 35.9 Å². The zero-order valence-corrected chi connectivity index (χ0v) is 13.3. The molecule has 0 bridgehead atoms. The topological polar surface area (TPSA) is 57.6 Å². The molecule has 0 saturated heterocycles. The van der Waals surface area contributed by atoms with Gasteiger partial charge in [-0.05, 0) is 25.3 Å². The van der Waals surface area contributed by atoms with Gasteiger partial charge in [-0.15, -0.1) is 0 Å². The number of amides is 1. The van der Waals surface area contributed by atoms with Crippen molar-refractivity contribution < 1.29 is 14.7 Å². The molecule has 0 aromatic heterocycles. The Morgan fingerprint density at radius 2 is 1.71 bits per heavy atom. The number of rotatable bonds is 7. The summed E-state index contributed by atoms with van der Waals surface area (Å²) in [4.78, 5) is 25.9. The van der Waals surface area contributed by atoms with Crippen LogP contribution in [0.1, 0.15) is 45.6 Å². The number of aliphatic carboxylic acids is 1. The molecule has 0 aliphatic rings. The summed E-state index contributed by atoms with van der Waals surface area (Å²) in [6.07, 6.45) is 1.71. The first-order valence-corrected chi connectivity index (χ1v) is 7.41. The molecule has 1 N–H and O–H groups in total. The third-order valence-corrected chi connectivity index (χ3v) is 4.27. The van der Waals surface area contributed by atoms with Crippen molar-refractivity contribution in [2.45, 2.75) is 51.5 Å². The van der Waals surface area contributed by atoms with Gasteiger partial charge in [-0.2, -0.15) is 0 Å². The molecule has 1 unspecified atom stereocenters. The first-order valence-electron chi connectivity index (χ1n) is 7.41. The Morgan fingerprint density at radius 3 is 2.14 bits per heavy atom. The highest BCUT2D eigenvalue weighted by molar-refractivity contribution is 5.89. The molecule has 0 aliphatic heterocycles. The van der Waals surface area contributed by atoms with E-state index in [1.165, 1.54) is 0 Å². The molecule has 0 heterocycles. The van der Waals surface area contributed by atoms with Crippen molar-refractivity contribution >= 4 is 11.9 Å². The Morgan fingerprint density at radius 1 is 1.19 bits per heavy atom. The highest BCUT2D eigenvalue weighted by atomic mass is 16.4. The number of benzene rings is 1. The van der Waals surface area contributed by atoms with Gasteiger partial charge in [-0.1, -0.05) is 44.2 Å². The van der Waals surface area contributed by atoms with Crippen LogP contribution in [0, 0.1) is 0 Å². The van der Waals surface area contributed by atoms with Gasteiger partial charge in [0.25, 0.3) is 0 Å². The largest absolute Gasteiger partial charge is 0.481 e. The van der Waals surface area contributed by atoms with Crippen LogP contribution in [0.25, 0.3) is 0 Å². The maximum Gasteiger partial charge on any atom is 0.314 e. The highest BCUT2D eigenvalue weighted by Gasteiger charge is 2.38. The molecule has 0 saturated carbocycles. The summed E-state index contributed by atoms with van der Waals surface area (Å²) >= 11 is 0. The molecular formula is C17H25NO3. The fourth-order valence-corrected chi connectivity index (χ4v) is 2.57. The van der Waals surface area contributed by atoms with E-state index in [1.807, 2.05) is 19.9 Å². The van der Waals surface area contributed by atoms with E-state index in [4.69, 9.17) is 0 Å². The lowest BCUT2D eigenvalue weighted by molar-refractivity contribution is -0.147. The van der Waals surface area contributed by atoms with Gasteiger partial charge in [-0.3, -0.25) is 9.59 Å². The van der Waals surface area contributed by atoms with Crippen LogP contribution in [-0.2, 0) is 15.0 Å². The van der Waals surface area contributed by atoms with E-state index in [0.717, 1.165) is 12.8 Å². The maximum absolute atomic E-state index is 12.5. The molecule has 21 heavy (non-hydrogen) atoms. The fourth-order valence-electron chi connectivity index (χ4n) is 2.57. The molecule has 0 fully saturated rings. The first-order chi connectivity index (χ1) is 9.86. The van der Waals surface area contributed by atoms with Gasteiger partial charge in [0, 0.05) is 19.5 Å². The molecule has 1 rings (SSSR count). The number of nitrogens with zero attached hydrogens (tertiary/aromatic N) is 1. The molecule has 1 atom stereocenters. The number of carboxylic acids is 1. The number of hydrogen-bond acceptors (Lipinski definition) is 2. The smallest absolute Gasteiger partial charge is 0.314 e. The standard InChI is InChI=1S/C17H25NO3/c1-5-14(6-2)18(4)15(19)12-17(3,16(20)21)13-10-8-7-9-11-13/h7-11,14H,5-6,12H2,1-4H3,(H,20,21). The first kappa shape index (κ1) is 17.2. The van der Waals surface area contributed by atoms with Crippen molar-refractivity contribution in [3.63, 3.8) is 0 Å². The molecule has 0 spiro atoms. The summed E-state index contributed by atoms with van der Waals surface area (Å²) in [5, 5.41) is 9.60. The number of hydrogen-bond donors (Lipinski definition) is 1. The monoisotopic (exact) mass is 291 g/mol.